The quantitative estimate of drug-likeness (QED) is 0.694. The minimum absolute atomic E-state index is 0.0926. The molecular formula is C19H22N2O3S3. The van der Waals surface area contributed by atoms with Gasteiger partial charge >= 0.3 is 0 Å². The lowest BCUT2D eigenvalue weighted by Gasteiger charge is -2.11. The molecule has 0 fully saturated rings. The van der Waals surface area contributed by atoms with E-state index in [2.05, 4.69) is 10.0 Å². The van der Waals surface area contributed by atoms with Crippen LogP contribution in [-0.2, 0) is 21.2 Å². The third kappa shape index (κ3) is 5.28. The fourth-order valence-corrected chi connectivity index (χ4v) is 5.32. The average Bonchev–Trinajstić information content (AvgIpc) is 2.77. The van der Waals surface area contributed by atoms with Crippen LogP contribution in [0.3, 0.4) is 0 Å². The number of amides is 1. The number of thioether (sulfide) groups is 2. The molecule has 2 aromatic rings. The molecule has 0 bridgehead atoms. The van der Waals surface area contributed by atoms with Crippen LogP contribution < -0.4 is 10.0 Å². The van der Waals surface area contributed by atoms with Gasteiger partial charge in [-0.05, 0) is 48.6 Å². The second-order valence-electron chi connectivity index (χ2n) is 6.33. The van der Waals surface area contributed by atoms with Crippen LogP contribution in [0.2, 0.25) is 0 Å². The van der Waals surface area contributed by atoms with Crippen LogP contribution in [0.1, 0.15) is 18.9 Å². The van der Waals surface area contributed by atoms with Crippen molar-refractivity contribution >= 4 is 45.1 Å². The molecule has 1 heterocycles. The van der Waals surface area contributed by atoms with Crippen molar-refractivity contribution in [2.75, 3.05) is 18.1 Å². The minimum Gasteiger partial charge on any atom is -0.325 e. The van der Waals surface area contributed by atoms with Crippen molar-refractivity contribution < 1.29 is 13.2 Å². The number of fused-ring (bicyclic) bond motifs is 1. The summed E-state index contributed by atoms with van der Waals surface area (Å²) in [5.74, 6) is -0.0926. The highest BCUT2D eigenvalue weighted by molar-refractivity contribution is 8.00. The number of anilines is 1. The summed E-state index contributed by atoms with van der Waals surface area (Å²) in [6.45, 7) is 2.30. The van der Waals surface area contributed by atoms with E-state index < -0.39 is 10.0 Å². The molecule has 0 unspecified atom stereocenters. The highest BCUT2D eigenvalue weighted by atomic mass is 32.2. The molecule has 8 heteroatoms. The van der Waals surface area contributed by atoms with Gasteiger partial charge in [-0.2, -0.15) is 0 Å². The van der Waals surface area contributed by atoms with Crippen LogP contribution in [0.5, 0.6) is 0 Å². The number of nitrogens with one attached hydrogen (secondary N) is 2. The van der Waals surface area contributed by atoms with Crippen LogP contribution in [0, 0.1) is 0 Å². The molecule has 0 aliphatic carbocycles. The number of carbonyl (C=O) groups is 1. The summed E-state index contributed by atoms with van der Waals surface area (Å²) in [5.41, 5.74) is 1.64. The maximum Gasteiger partial charge on any atom is 0.240 e. The zero-order chi connectivity index (χ0) is 19.4. The highest BCUT2D eigenvalue weighted by Gasteiger charge is 2.22. The molecule has 3 rings (SSSR count). The first kappa shape index (κ1) is 20.3. The third-order valence-electron chi connectivity index (χ3n) is 4.20. The monoisotopic (exact) mass is 422 g/mol. The summed E-state index contributed by atoms with van der Waals surface area (Å²) in [7, 11) is -3.63. The molecule has 2 N–H and O–H groups in total. The van der Waals surface area contributed by atoms with E-state index in [0.717, 1.165) is 10.5 Å². The van der Waals surface area contributed by atoms with E-state index in [1.165, 1.54) is 11.0 Å². The third-order valence-corrected chi connectivity index (χ3v) is 7.58. The summed E-state index contributed by atoms with van der Waals surface area (Å²) in [4.78, 5) is 14.1. The Morgan fingerprint density at radius 2 is 1.96 bits per heavy atom. The van der Waals surface area contributed by atoms with E-state index in [4.69, 9.17) is 0 Å². The largest absolute Gasteiger partial charge is 0.325 e. The Kier molecular flexibility index (Phi) is 6.52. The summed E-state index contributed by atoms with van der Waals surface area (Å²) in [6.07, 6.45) is 3.04. The number of benzene rings is 2. The molecule has 1 aliphatic heterocycles. The fraction of sp³-hybridized carbons (Fsp3) is 0.316. The lowest BCUT2D eigenvalue weighted by atomic mass is 10.2. The average molecular weight is 423 g/mol. The minimum atomic E-state index is -3.63. The number of sulfonamides is 1. The predicted octanol–water partition coefficient (Wildman–Crippen LogP) is 3.75. The molecule has 27 heavy (non-hydrogen) atoms. The second-order valence-corrected chi connectivity index (χ2v) is 10.5. The smallest absolute Gasteiger partial charge is 0.240 e. The van der Waals surface area contributed by atoms with Crippen molar-refractivity contribution in [2.45, 2.75) is 39.7 Å². The van der Waals surface area contributed by atoms with Gasteiger partial charge in [0.1, 0.15) is 0 Å². The van der Waals surface area contributed by atoms with Crippen molar-refractivity contribution in [3.05, 3.63) is 48.0 Å². The molecule has 0 spiro atoms. The number of hydrogen-bond donors (Lipinski definition) is 2. The van der Waals surface area contributed by atoms with Crippen LogP contribution >= 0.6 is 23.5 Å². The molecule has 0 radical (unpaired) electrons. The standard InChI is InChI=1S/C19H22N2O3S3/c1-13-11-19(22)21-17-12-16(7-8-18(17)26-13)27(23,24)20-10-9-14-3-5-15(25-2)6-4-14/h3-8,12-13,20H,9-11H2,1-2H3,(H,21,22)/t13-/m1/s1. The molecule has 0 aromatic heterocycles. The molecule has 0 saturated carbocycles. The van der Waals surface area contributed by atoms with Crippen LogP contribution in [0.25, 0.3) is 0 Å². The van der Waals surface area contributed by atoms with Gasteiger partial charge in [-0.3, -0.25) is 4.79 Å². The number of hydrogen-bond acceptors (Lipinski definition) is 5. The van der Waals surface area contributed by atoms with E-state index >= 15 is 0 Å². The van der Waals surface area contributed by atoms with Gasteiger partial charge in [0.05, 0.1) is 10.6 Å². The Morgan fingerprint density at radius 3 is 2.67 bits per heavy atom. The van der Waals surface area contributed by atoms with Crippen molar-refractivity contribution in [2.24, 2.45) is 0 Å². The molecule has 1 atom stereocenters. The van der Waals surface area contributed by atoms with Gasteiger partial charge in [0, 0.05) is 28.0 Å². The lowest BCUT2D eigenvalue weighted by Crippen LogP contribution is -2.26. The van der Waals surface area contributed by atoms with Gasteiger partial charge in [-0.25, -0.2) is 13.1 Å². The van der Waals surface area contributed by atoms with E-state index in [1.807, 2.05) is 37.4 Å². The van der Waals surface area contributed by atoms with Crippen LogP contribution in [0.15, 0.2) is 57.2 Å². The maximum atomic E-state index is 12.6. The van der Waals surface area contributed by atoms with Crippen LogP contribution in [-0.4, -0.2) is 32.4 Å². The Labute approximate surface area is 168 Å². The SMILES string of the molecule is CSc1ccc(CCNS(=O)(=O)c2ccc3c(c2)NC(=O)C[C@@H](C)S3)cc1. The second kappa shape index (κ2) is 8.68. The Morgan fingerprint density at radius 1 is 1.22 bits per heavy atom. The molecule has 5 nitrogen and oxygen atoms in total. The first-order chi connectivity index (χ1) is 12.9. The molecular weight excluding hydrogens is 400 g/mol. The van der Waals surface area contributed by atoms with Crippen molar-refractivity contribution in [1.82, 2.24) is 4.72 Å². The van der Waals surface area contributed by atoms with E-state index in [9.17, 15) is 13.2 Å². The van der Waals surface area contributed by atoms with Crippen LogP contribution in [0.4, 0.5) is 5.69 Å². The van der Waals surface area contributed by atoms with Gasteiger partial charge in [0.15, 0.2) is 0 Å². The van der Waals surface area contributed by atoms with E-state index in [0.29, 0.717) is 25.1 Å². The van der Waals surface area contributed by atoms with Crippen molar-refractivity contribution in [3.8, 4) is 0 Å². The van der Waals surface area contributed by atoms with Gasteiger partial charge in [0.2, 0.25) is 15.9 Å². The summed E-state index contributed by atoms with van der Waals surface area (Å²) in [5, 5.41) is 2.96. The van der Waals surface area contributed by atoms with Gasteiger partial charge < -0.3 is 5.32 Å². The topological polar surface area (TPSA) is 75.3 Å². The zero-order valence-electron chi connectivity index (χ0n) is 15.2. The van der Waals surface area contributed by atoms with Gasteiger partial charge in [-0.1, -0.05) is 19.1 Å². The maximum absolute atomic E-state index is 12.6. The Balaban J connectivity index is 1.68. The normalized spacial score (nSPS) is 17.1. The Bertz CT molecular complexity index is 928. The molecule has 2 aromatic carbocycles. The molecule has 1 aliphatic rings. The first-order valence-corrected chi connectivity index (χ1v) is 12.2. The van der Waals surface area contributed by atoms with E-state index in [-0.39, 0.29) is 16.1 Å². The van der Waals surface area contributed by atoms with Gasteiger partial charge in [0.25, 0.3) is 0 Å². The first-order valence-electron chi connectivity index (χ1n) is 8.60. The highest BCUT2D eigenvalue weighted by Crippen LogP contribution is 2.36. The summed E-state index contributed by atoms with van der Waals surface area (Å²) < 4.78 is 27.9. The molecule has 1 amide bonds. The summed E-state index contributed by atoms with van der Waals surface area (Å²) in [6, 6.07) is 13.0. The van der Waals surface area contributed by atoms with Crippen molar-refractivity contribution in [3.63, 3.8) is 0 Å². The van der Waals surface area contributed by atoms with E-state index in [1.54, 1.807) is 35.7 Å². The molecule has 0 saturated heterocycles. The zero-order valence-corrected chi connectivity index (χ0v) is 17.6. The van der Waals surface area contributed by atoms with Gasteiger partial charge in [-0.15, -0.1) is 23.5 Å². The van der Waals surface area contributed by atoms with Crippen molar-refractivity contribution in [1.29, 1.82) is 0 Å². The fourth-order valence-electron chi connectivity index (χ4n) is 2.80. The lowest BCUT2D eigenvalue weighted by molar-refractivity contribution is -0.116. The summed E-state index contributed by atoms with van der Waals surface area (Å²) >= 11 is 3.25. The molecule has 144 valence electrons. The Hall–Kier alpha value is -1.48. The predicted molar refractivity (Wildman–Crippen MR) is 112 cm³/mol. The number of carbonyl (C=O) groups excluding carboxylic acids is 1. The number of rotatable bonds is 6.